The van der Waals surface area contributed by atoms with Gasteiger partial charge in [0.2, 0.25) is 28.8 Å². The third kappa shape index (κ3) is 94.9. The molecule has 0 saturated heterocycles. The van der Waals surface area contributed by atoms with Crippen LogP contribution in [0.2, 0.25) is 0 Å². The third-order valence-corrected chi connectivity index (χ3v) is 9.92. The summed E-state index contributed by atoms with van der Waals surface area (Å²) >= 11 is 0. The van der Waals surface area contributed by atoms with E-state index in [2.05, 4.69) is 156 Å². The van der Waals surface area contributed by atoms with Crippen LogP contribution >= 0.6 is 7.82 Å². The van der Waals surface area contributed by atoms with Crippen molar-refractivity contribution in [2.45, 2.75) is 0 Å². The molecule has 0 bridgehead atoms. The van der Waals surface area contributed by atoms with Gasteiger partial charge in [0.15, 0.2) is 0 Å². The van der Waals surface area contributed by atoms with Crippen molar-refractivity contribution in [3.05, 3.63) is 194 Å². The van der Waals surface area contributed by atoms with Crippen LogP contribution in [0.3, 0.4) is 0 Å². The number of nitrogens with zero attached hydrogens (tertiary/aromatic N) is 4. The zero-order valence-corrected chi connectivity index (χ0v) is 81.9. The Hall–Kier alpha value is -1.17. The molecule has 0 saturated carbocycles. The van der Waals surface area contributed by atoms with Crippen molar-refractivity contribution < 1.29 is 494 Å². The summed E-state index contributed by atoms with van der Waals surface area (Å²) in [5.74, 6) is 0. The molecule has 48 nitrogen and oxygen atoms in total. The number of carbonyl (C=O) groups is 1. The normalized spacial score (nSPS) is 6.11. The summed E-state index contributed by atoms with van der Waals surface area (Å²) in [6.07, 6.45) is 1.75. The molecule has 61 heteroatoms. The molecule has 0 fully saturated rings. The summed E-state index contributed by atoms with van der Waals surface area (Å²) in [5, 5.41) is 12.5. The topological polar surface area (TPSA) is 1210 Å². The SMILES string of the molecule is CN(C)C=O.C[N+](C)=CO.O=P([O-])([O-])[O-].[Mo].[Mo].[Mo].[Mo].[Mo].[Mo].[Mo].[Mo].[Mo].[Mo].[Mo].[Mo].[O-2].[O-2].[O-2].[O-2].[O-2].[O-2].[O-2].[O-2].[O-2].[O-2].[O-2].[O-2].[O-2].[O-2].[O-2].[O-2].[O-2].[O-2].[O-2].[O-2].[O-2].[O-2].[O-2].[O-2].[O-2].[O-2].[O-2].[O-2].[O-2].[O-2].[O-2].[O-2].[O-2].[O-2].[O-2].[O-2].c1ccc(-c2ccc3ccc4ccc(-c5ccccc5)[nH+]c4c3n2)cc1.c1ccc(-c2ccc3ccc4ccc(-c5ccccc5)[nH+]c4c3n2)cc1. The van der Waals surface area contributed by atoms with Crippen LogP contribution in [0.1, 0.15) is 0 Å². The number of nitrogens with one attached hydrogen (secondary N) is 2. The van der Waals surface area contributed by atoms with Crippen LogP contribution in [0.25, 0.3) is 88.6 Å². The van der Waals surface area contributed by atoms with Crippen molar-refractivity contribution >= 4 is 64.2 Å². The summed E-state index contributed by atoms with van der Waals surface area (Å²) < 4.78 is 10.1. The zero-order valence-electron chi connectivity index (χ0n) is 57.0. The van der Waals surface area contributed by atoms with Gasteiger partial charge in [0.25, 0.3) is 0 Å². The number of amides is 1. The third-order valence-electron chi connectivity index (χ3n) is 9.92. The smallest absolute Gasteiger partial charge is 0.320 e. The molecule has 4 heterocycles. The number of hydrogen-bond donors (Lipinski definition) is 1. The van der Waals surface area contributed by atoms with Gasteiger partial charge >= 0.3 is 6.40 Å². The number of aromatic amines is 2. The monoisotopic (exact) mass is 2660 g/mol. The van der Waals surface area contributed by atoms with Gasteiger partial charge in [0.1, 0.15) is 25.1 Å². The van der Waals surface area contributed by atoms with Gasteiger partial charge in [-0.3, -0.25) is 4.79 Å². The van der Waals surface area contributed by atoms with E-state index in [1.165, 1.54) is 16.0 Å². The number of carbonyl (C=O) groups excluding carboxylic acids is 1. The first-order chi connectivity index (χ1) is 32.3. The predicted molar refractivity (Wildman–Crippen MR) is 286 cm³/mol. The van der Waals surface area contributed by atoms with Crippen LogP contribution in [0.5, 0.6) is 0 Å². The first-order valence-corrected chi connectivity index (χ1v) is 22.5. The molecule has 0 aliphatic rings. The average Bonchev–Trinajstić information content (AvgIpc) is 3.36. The Morgan fingerprint density at radius 2 is 0.461 bits per heavy atom. The van der Waals surface area contributed by atoms with Gasteiger partial charge in [-0.15, -0.1) is 0 Å². The predicted octanol–water partition coefficient (Wildman–Crippen LogP) is 3.49. The molecule has 4 aromatic heterocycles. The Kier molecular flexibility index (Phi) is 378. The van der Waals surface area contributed by atoms with E-state index in [-0.39, 0.29) is 450 Å². The molecule has 696 valence electrons. The van der Waals surface area contributed by atoms with Gasteiger partial charge in [0.05, 0.1) is 11.4 Å². The van der Waals surface area contributed by atoms with E-state index in [0.29, 0.717) is 0 Å². The van der Waals surface area contributed by atoms with E-state index >= 15 is 0 Å². The second-order valence-corrected chi connectivity index (χ2v) is 16.3. The number of aromatic nitrogens is 4. The number of benzene rings is 6. The molecule has 0 atom stereocenters. The fourth-order valence-electron chi connectivity index (χ4n) is 6.76. The van der Waals surface area contributed by atoms with Gasteiger partial charge in [-0.25, -0.2) is 24.5 Å². The van der Waals surface area contributed by atoms with Crippen molar-refractivity contribution in [1.82, 2.24) is 14.9 Å². The van der Waals surface area contributed by atoms with E-state index in [0.717, 1.165) is 90.3 Å². The molecule has 0 spiro atoms. The van der Waals surface area contributed by atoms with E-state index in [4.69, 9.17) is 34.3 Å². The number of aliphatic hydroxyl groups excluding tert-OH is 1. The summed E-state index contributed by atoms with van der Waals surface area (Å²) in [5.41, 5.74) is 12.9. The Labute approximate surface area is 830 Å². The van der Waals surface area contributed by atoms with E-state index < -0.39 is 7.82 Å². The fraction of sp³-hybridized carbons (Fsp3) is 0.0741. The molecule has 0 aliphatic carbocycles. The minimum Gasteiger partial charge on any atom is -2.00 e. The van der Waals surface area contributed by atoms with Crippen molar-refractivity contribution in [3.63, 3.8) is 0 Å². The Bertz CT molecular complexity index is 3000. The van der Waals surface area contributed by atoms with E-state index in [1.807, 2.05) is 48.5 Å². The number of pyridine rings is 4. The average molecular weight is 2640 g/mol. The van der Waals surface area contributed by atoms with Crippen molar-refractivity contribution in [2.24, 2.45) is 0 Å². The number of hydrogen-bond acceptors (Lipinski definition) is 7. The number of H-pyrrole nitrogens is 2. The number of fused-ring (bicyclic) bond motifs is 6. The maximum atomic E-state index is 9.43. The van der Waals surface area contributed by atoms with Crippen LogP contribution in [-0.2, 0) is 459 Å². The minimum absolute atomic E-state index is 0. The Balaban J connectivity index is -0.0000000138. The molecule has 6 aromatic carbocycles. The molecule has 1 amide bonds. The van der Waals surface area contributed by atoms with Crippen LogP contribution in [0, 0.1) is 0 Å². The van der Waals surface area contributed by atoms with E-state index in [9.17, 15) is 4.79 Å². The number of aliphatic hydroxyl groups is 1. The maximum Gasteiger partial charge on any atom is 0.320 e. The first-order valence-electron chi connectivity index (χ1n) is 21.0. The van der Waals surface area contributed by atoms with Gasteiger partial charge in [-0.2, -0.15) is 7.82 Å². The van der Waals surface area contributed by atoms with Gasteiger partial charge in [-0.05, 0) is 60.7 Å². The molecular weight excluding hydrogens is 2590 g/mol. The first kappa shape index (κ1) is 289. The van der Waals surface area contributed by atoms with Crippen LogP contribution < -0.4 is 24.6 Å². The standard InChI is InChI=1S/2C24H16N2.2C3H7NO.12Mo.H3O4P.36O/c2*1-3-7-17(8-4-1)21-15-13-19-11-12-20-14-16-22(18-9-5-2-6-10-18)26-24(20)23(19)25-21;2*1-4(2)3-5;;;;;;;;;;;;;1-5(2,3)4;;;;;;;;;;;;;;;;;;;;;;;;;;;;;;;;;;;;/h2*1-16H;2*3H,1-2H3;;;;;;;;;;;;;(H3,1,2,3,4);;;;;;;;;;;;;;;;;;;;;;;;;;;;;;;;;;;;/q;;;;;;;;;;;;;;;;;36*-2. The Morgan fingerprint density at radius 3 is 0.635 bits per heavy atom. The number of rotatable bonds is 5. The summed E-state index contributed by atoms with van der Waals surface area (Å²) in [6.45, 7) is 0. The molecule has 0 radical (unpaired) electrons. The zero-order chi connectivity index (χ0) is 47.8. The Morgan fingerprint density at radius 1 is 0.304 bits per heavy atom. The second-order valence-electron chi connectivity index (χ2n) is 15.4. The summed E-state index contributed by atoms with van der Waals surface area (Å²) in [4.78, 5) is 53.7. The fourth-order valence-corrected chi connectivity index (χ4v) is 6.76. The van der Waals surface area contributed by atoms with E-state index in [1.54, 1.807) is 32.8 Å². The van der Waals surface area contributed by atoms with Gasteiger partial charge in [0, 0.05) is 323 Å². The van der Waals surface area contributed by atoms with Crippen LogP contribution in [0.4, 0.5) is 0 Å². The van der Waals surface area contributed by atoms with Crippen molar-refractivity contribution in [2.75, 3.05) is 28.2 Å². The van der Waals surface area contributed by atoms with Gasteiger partial charge < -0.3 is 226 Å². The molecular formula is C54H49Mo12N6O42P-72. The molecule has 10 rings (SSSR count). The minimum atomic E-state index is -5.39. The quantitative estimate of drug-likeness (QED) is 0.0504. The maximum absolute atomic E-state index is 9.43. The molecule has 10 aromatic rings. The van der Waals surface area contributed by atoms with Gasteiger partial charge in [-0.1, -0.05) is 121 Å². The van der Waals surface area contributed by atoms with Crippen LogP contribution in [0.15, 0.2) is 194 Å². The molecule has 0 aliphatic heterocycles. The van der Waals surface area contributed by atoms with Crippen molar-refractivity contribution in [3.8, 4) is 45.0 Å². The largest absolute Gasteiger partial charge is 2.00 e. The molecule has 115 heavy (non-hydrogen) atoms. The van der Waals surface area contributed by atoms with Crippen LogP contribution in [-0.4, -0.2) is 65.6 Å². The summed E-state index contributed by atoms with van der Waals surface area (Å²) in [7, 11) is 1.49. The van der Waals surface area contributed by atoms with Crippen molar-refractivity contribution in [1.29, 1.82) is 0 Å². The summed E-state index contributed by atoms with van der Waals surface area (Å²) in [6, 6.07) is 67.0. The number of phosphoric acid groups is 1. The second kappa shape index (κ2) is 150. The molecule has 3 N–H and O–H groups in total. The molecule has 0 unspecified atom stereocenters.